The summed E-state index contributed by atoms with van der Waals surface area (Å²) in [5, 5.41) is 9.01. The van der Waals surface area contributed by atoms with Crippen molar-refractivity contribution in [2.24, 2.45) is 5.92 Å². The summed E-state index contributed by atoms with van der Waals surface area (Å²) in [7, 11) is 0. The highest BCUT2D eigenvalue weighted by atomic mass is 16.1. The SMILES string of the molecule is CCn1cc(-c2ccnc3[nH]ccc23)c(-c2ccc(NC(=O)C3CCCCC3)cc2)n1. The van der Waals surface area contributed by atoms with Crippen LogP contribution >= 0.6 is 0 Å². The Morgan fingerprint density at radius 2 is 1.90 bits per heavy atom. The van der Waals surface area contributed by atoms with Crippen molar-refractivity contribution in [3.05, 3.63) is 55.0 Å². The van der Waals surface area contributed by atoms with Crippen LogP contribution in [0.1, 0.15) is 39.0 Å². The average Bonchev–Trinajstić information content (AvgIpc) is 3.47. The van der Waals surface area contributed by atoms with Crippen molar-refractivity contribution in [1.29, 1.82) is 0 Å². The molecule has 6 heteroatoms. The summed E-state index contributed by atoms with van der Waals surface area (Å²) in [6, 6.07) is 12.1. The number of aromatic amines is 1. The first kappa shape index (κ1) is 19.5. The molecule has 0 atom stereocenters. The molecule has 0 unspecified atom stereocenters. The Hall–Kier alpha value is -3.41. The Labute approximate surface area is 181 Å². The minimum atomic E-state index is 0.148. The van der Waals surface area contributed by atoms with Crippen LogP contribution < -0.4 is 5.32 Å². The maximum absolute atomic E-state index is 12.6. The summed E-state index contributed by atoms with van der Waals surface area (Å²) >= 11 is 0. The fourth-order valence-electron chi connectivity index (χ4n) is 4.51. The van der Waals surface area contributed by atoms with Gasteiger partial charge >= 0.3 is 0 Å². The summed E-state index contributed by atoms with van der Waals surface area (Å²) in [5.74, 6) is 0.297. The largest absolute Gasteiger partial charge is 0.346 e. The molecule has 1 saturated carbocycles. The van der Waals surface area contributed by atoms with Crippen LogP contribution in [-0.4, -0.2) is 25.7 Å². The van der Waals surface area contributed by atoms with E-state index in [-0.39, 0.29) is 11.8 Å². The number of benzene rings is 1. The quantitative estimate of drug-likeness (QED) is 0.445. The van der Waals surface area contributed by atoms with Crippen LogP contribution in [0.5, 0.6) is 0 Å². The minimum Gasteiger partial charge on any atom is -0.346 e. The molecular formula is C25H27N5O. The molecule has 158 valence electrons. The first-order chi connectivity index (χ1) is 15.2. The van der Waals surface area contributed by atoms with Gasteiger partial charge in [-0.25, -0.2) is 4.98 Å². The zero-order chi connectivity index (χ0) is 21.2. The van der Waals surface area contributed by atoms with Crippen molar-refractivity contribution < 1.29 is 4.79 Å². The topological polar surface area (TPSA) is 75.6 Å². The van der Waals surface area contributed by atoms with Gasteiger partial charge in [-0.05, 0) is 49.6 Å². The van der Waals surface area contributed by atoms with Crippen molar-refractivity contribution in [1.82, 2.24) is 19.7 Å². The number of nitrogens with one attached hydrogen (secondary N) is 2. The number of rotatable bonds is 5. The van der Waals surface area contributed by atoms with Crippen LogP contribution in [-0.2, 0) is 11.3 Å². The van der Waals surface area contributed by atoms with Gasteiger partial charge in [0.25, 0.3) is 0 Å². The molecule has 0 bridgehead atoms. The second-order valence-electron chi connectivity index (χ2n) is 8.25. The molecule has 0 radical (unpaired) electrons. The summed E-state index contributed by atoms with van der Waals surface area (Å²) in [6.07, 6.45) is 11.4. The Bertz CT molecular complexity index is 1200. The van der Waals surface area contributed by atoms with Gasteiger partial charge in [-0.1, -0.05) is 31.4 Å². The van der Waals surface area contributed by atoms with Crippen LogP contribution in [0.15, 0.2) is 55.0 Å². The lowest BCUT2D eigenvalue weighted by Crippen LogP contribution is -2.24. The van der Waals surface area contributed by atoms with Gasteiger partial charge in [0.2, 0.25) is 5.91 Å². The number of nitrogens with zero attached hydrogens (tertiary/aromatic N) is 3. The van der Waals surface area contributed by atoms with E-state index >= 15 is 0 Å². The number of pyridine rings is 1. The molecule has 1 aliphatic rings. The lowest BCUT2D eigenvalue weighted by Gasteiger charge is -2.20. The maximum atomic E-state index is 12.6. The number of amides is 1. The van der Waals surface area contributed by atoms with E-state index in [1.807, 2.05) is 47.4 Å². The lowest BCUT2D eigenvalue weighted by molar-refractivity contribution is -0.120. The zero-order valence-corrected chi connectivity index (χ0v) is 17.8. The van der Waals surface area contributed by atoms with Gasteiger partial charge < -0.3 is 10.3 Å². The highest BCUT2D eigenvalue weighted by Gasteiger charge is 2.21. The lowest BCUT2D eigenvalue weighted by atomic mass is 9.88. The molecule has 1 fully saturated rings. The standard InChI is InChI=1S/C25H27N5O/c1-2-30-16-22(20-12-14-26-24-21(20)13-15-27-24)23(29-30)17-8-10-19(11-9-17)28-25(31)18-6-4-3-5-7-18/h8-16,18H,2-7H2,1H3,(H,26,27)(H,28,31). The Kier molecular flexibility index (Phi) is 5.28. The predicted molar refractivity (Wildman–Crippen MR) is 124 cm³/mol. The van der Waals surface area contributed by atoms with Gasteiger partial charge in [0.05, 0.1) is 0 Å². The number of aromatic nitrogens is 4. The third kappa shape index (κ3) is 3.85. The van der Waals surface area contributed by atoms with Crippen molar-refractivity contribution >= 4 is 22.6 Å². The van der Waals surface area contributed by atoms with Crippen molar-refractivity contribution in [2.75, 3.05) is 5.32 Å². The summed E-state index contributed by atoms with van der Waals surface area (Å²) < 4.78 is 1.96. The van der Waals surface area contributed by atoms with Crippen LogP contribution in [0.4, 0.5) is 5.69 Å². The molecule has 3 aromatic heterocycles. The van der Waals surface area contributed by atoms with Gasteiger partial charge in [-0.2, -0.15) is 5.10 Å². The van der Waals surface area contributed by atoms with Crippen molar-refractivity contribution in [2.45, 2.75) is 45.6 Å². The first-order valence-electron chi connectivity index (χ1n) is 11.1. The number of anilines is 1. The molecule has 5 rings (SSSR count). The third-order valence-corrected chi connectivity index (χ3v) is 6.24. The Morgan fingerprint density at radius 3 is 2.68 bits per heavy atom. The van der Waals surface area contributed by atoms with E-state index in [1.165, 1.54) is 6.42 Å². The highest BCUT2D eigenvalue weighted by Crippen LogP contribution is 2.35. The van der Waals surface area contributed by atoms with Gasteiger partial charge in [0.15, 0.2) is 0 Å². The molecule has 0 aliphatic heterocycles. The molecule has 1 amide bonds. The van der Waals surface area contributed by atoms with Gasteiger partial charge in [-0.15, -0.1) is 0 Å². The number of carbonyl (C=O) groups excluding carboxylic acids is 1. The molecule has 4 aromatic rings. The fourth-order valence-corrected chi connectivity index (χ4v) is 4.51. The second kappa shape index (κ2) is 8.38. The van der Waals surface area contributed by atoms with E-state index in [0.29, 0.717) is 0 Å². The van der Waals surface area contributed by atoms with Crippen LogP contribution in [0.3, 0.4) is 0 Å². The van der Waals surface area contributed by atoms with E-state index in [2.05, 4.69) is 34.5 Å². The molecule has 6 nitrogen and oxygen atoms in total. The molecule has 1 aromatic carbocycles. The smallest absolute Gasteiger partial charge is 0.227 e. The predicted octanol–water partition coefficient (Wildman–Crippen LogP) is 5.63. The van der Waals surface area contributed by atoms with Crippen LogP contribution in [0.2, 0.25) is 0 Å². The zero-order valence-electron chi connectivity index (χ0n) is 17.8. The normalized spacial score (nSPS) is 14.7. The Morgan fingerprint density at radius 1 is 1.10 bits per heavy atom. The van der Waals surface area contributed by atoms with E-state index in [4.69, 9.17) is 5.10 Å². The third-order valence-electron chi connectivity index (χ3n) is 6.24. The molecule has 0 saturated heterocycles. The Balaban J connectivity index is 1.44. The number of aryl methyl sites for hydroxylation is 1. The summed E-state index contributed by atoms with van der Waals surface area (Å²) in [6.45, 7) is 2.88. The second-order valence-corrected chi connectivity index (χ2v) is 8.25. The van der Waals surface area contributed by atoms with E-state index in [1.54, 1.807) is 0 Å². The van der Waals surface area contributed by atoms with Gasteiger partial charge in [0.1, 0.15) is 11.3 Å². The van der Waals surface area contributed by atoms with E-state index in [9.17, 15) is 4.79 Å². The minimum absolute atomic E-state index is 0.148. The van der Waals surface area contributed by atoms with Crippen LogP contribution in [0.25, 0.3) is 33.4 Å². The molecule has 2 N–H and O–H groups in total. The summed E-state index contributed by atoms with van der Waals surface area (Å²) in [5.41, 5.74) is 5.85. The molecule has 1 aliphatic carbocycles. The first-order valence-corrected chi connectivity index (χ1v) is 11.1. The molecule has 3 heterocycles. The molecule has 0 spiro atoms. The van der Waals surface area contributed by atoms with E-state index in [0.717, 1.165) is 71.3 Å². The van der Waals surface area contributed by atoms with Crippen molar-refractivity contribution in [3.8, 4) is 22.4 Å². The van der Waals surface area contributed by atoms with Crippen molar-refractivity contribution in [3.63, 3.8) is 0 Å². The highest BCUT2D eigenvalue weighted by molar-refractivity contribution is 5.97. The number of fused-ring (bicyclic) bond motifs is 1. The number of carbonyl (C=O) groups is 1. The number of hydrogen-bond acceptors (Lipinski definition) is 3. The molecule has 31 heavy (non-hydrogen) atoms. The molecular weight excluding hydrogens is 386 g/mol. The number of H-pyrrole nitrogens is 1. The average molecular weight is 414 g/mol. The monoisotopic (exact) mass is 413 g/mol. The van der Waals surface area contributed by atoms with Gasteiger partial charge in [0, 0.05) is 53.3 Å². The fraction of sp³-hybridized carbons (Fsp3) is 0.320. The van der Waals surface area contributed by atoms with Crippen LogP contribution in [0, 0.1) is 5.92 Å². The number of hydrogen-bond donors (Lipinski definition) is 2. The maximum Gasteiger partial charge on any atom is 0.227 e. The van der Waals surface area contributed by atoms with E-state index < -0.39 is 0 Å². The summed E-state index contributed by atoms with van der Waals surface area (Å²) in [4.78, 5) is 20.2. The van der Waals surface area contributed by atoms with Gasteiger partial charge in [-0.3, -0.25) is 9.48 Å².